The molecule has 5 rings (SSSR count). The third-order valence-electron chi connectivity index (χ3n) is 5.54. The van der Waals surface area contributed by atoms with E-state index in [1.54, 1.807) is 24.3 Å². The number of halogens is 1. The van der Waals surface area contributed by atoms with Crippen LogP contribution >= 0.6 is 0 Å². The van der Waals surface area contributed by atoms with Crippen molar-refractivity contribution in [2.75, 3.05) is 18.4 Å². The molecule has 1 amide bonds. The molecule has 0 unspecified atom stereocenters. The van der Waals surface area contributed by atoms with E-state index < -0.39 is 0 Å². The fraction of sp³-hybridized carbons (Fsp3) is 0.200. The lowest BCUT2D eigenvalue weighted by atomic mass is 10.1. The number of nitrogens with zero attached hydrogens (tertiary/aromatic N) is 1. The van der Waals surface area contributed by atoms with Gasteiger partial charge >= 0.3 is 0 Å². The van der Waals surface area contributed by atoms with E-state index in [2.05, 4.69) is 20.6 Å². The van der Waals surface area contributed by atoms with Gasteiger partial charge in [0.15, 0.2) is 0 Å². The van der Waals surface area contributed by atoms with E-state index in [0.717, 1.165) is 31.7 Å². The maximum absolute atomic E-state index is 13.6. The van der Waals surface area contributed by atoms with Crippen LogP contribution in [0.25, 0.3) is 22.4 Å². The number of H-pyrrole nitrogens is 1. The van der Waals surface area contributed by atoms with Crippen molar-refractivity contribution >= 4 is 22.6 Å². The summed E-state index contributed by atoms with van der Waals surface area (Å²) in [7, 11) is 0. The number of fused-ring (bicyclic) bond motifs is 1. The molecule has 1 aliphatic rings. The average Bonchev–Trinajstić information content (AvgIpc) is 3.24. The SMILES string of the molecule is O=C(Nc1cccc(OC2CCNCC2)c1)c1cccc2[nH]c(-c3cccc(F)c3)nc12. The quantitative estimate of drug-likeness (QED) is 0.427. The smallest absolute Gasteiger partial charge is 0.257 e. The Hall–Kier alpha value is -3.71. The molecule has 4 aromatic rings. The van der Waals surface area contributed by atoms with Gasteiger partial charge in [-0.15, -0.1) is 0 Å². The van der Waals surface area contributed by atoms with E-state index in [4.69, 9.17) is 4.74 Å². The first-order valence-corrected chi connectivity index (χ1v) is 10.7. The fourth-order valence-electron chi connectivity index (χ4n) is 3.94. The van der Waals surface area contributed by atoms with Crippen LogP contribution in [0.1, 0.15) is 23.2 Å². The molecule has 0 spiro atoms. The van der Waals surface area contributed by atoms with Crippen LogP contribution in [-0.2, 0) is 0 Å². The zero-order valence-corrected chi connectivity index (χ0v) is 17.4. The lowest BCUT2D eigenvalue weighted by Crippen LogP contribution is -2.34. The molecule has 0 atom stereocenters. The molecule has 0 radical (unpaired) electrons. The third-order valence-corrected chi connectivity index (χ3v) is 5.54. The highest BCUT2D eigenvalue weighted by Gasteiger charge is 2.17. The number of hydrogen-bond acceptors (Lipinski definition) is 4. The van der Waals surface area contributed by atoms with E-state index >= 15 is 0 Å². The Kier molecular flexibility index (Phi) is 5.56. The first-order valence-electron chi connectivity index (χ1n) is 10.7. The number of aromatic amines is 1. The molecule has 162 valence electrons. The van der Waals surface area contributed by atoms with Crippen molar-refractivity contribution in [1.29, 1.82) is 0 Å². The number of hydrogen-bond donors (Lipinski definition) is 3. The summed E-state index contributed by atoms with van der Waals surface area (Å²) < 4.78 is 19.7. The van der Waals surface area contributed by atoms with Crippen molar-refractivity contribution in [2.24, 2.45) is 0 Å². The van der Waals surface area contributed by atoms with E-state index in [9.17, 15) is 9.18 Å². The van der Waals surface area contributed by atoms with E-state index in [-0.39, 0.29) is 17.8 Å². The minimum atomic E-state index is -0.340. The number of piperidine rings is 1. The van der Waals surface area contributed by atoms with Gasteiger partial charge in [-0.05, 0) is 62.3 Å². The zero-order valence-electron chi connectivity index (χ0n) is 17.4. The van der Waals surface area contributed by atoms with Crippen LogP contribution in [0.15, 0.2) is 66.7 Å². The van der Waals surface area contributed by atoms with Gasteiger partial charge in [0.25, 0.3) is 5.91 Å². The lowest BCUT2D eigenvalue weighted by Gasteiger charge is -2.24. The topological polar surface area (TPSA) is 79.0 Å². The van der Waals surface area contributed by atoms with Gasteiger partial charge in [0.2, 0.25) is 0 Å². The first-order chi connectivity index (χ1) is 15.7. The lowest BCUT2D eigenvalue weighted by molar-refractivity contribution is 0.102. The molecule has 2 heterocycles. The maximum Gasteiger partial charge on any atom is 0.257 e. The number of nitrogens with one attached hydrogen (secondary N) is 3. The number of benzene rings is 3. The molecular weight excluding hydrogens is 407 g/mol. The van der Waals surface area contributed by atoms with Crippen LogP contribution in [0.4, 0.5) is 10.1 Å². The second kappa shape index (κ2) is 8.80. The number of aromatic nitrogens is 2. The predicted molar refractivity (Wildman–Crippen MR) is 122 cm³/mol. The Balaban J connectivity index is 1.37. The molecule has 1 aliphatic heterocycles. The summed E-state index contributed by atoms with van der Waals surface area (Å²) in [6.45, 7) is 1.90. The van der Waals surface area contributed by atoms with Crippen molar-refractivity contribution in [3.8, 4) is 17.1 Å². The number of para-hydroxylation sites is 1. The second-order valence-electron chi connectivity index (χ2n) is 7.85. The Morgan fingerprint density at radius 1 is 1.03 bits per heavy atom. The summed E-state index contributed by atoms with van der Waals surface area (Å²) in [5.41, 5.74) is 2.95. The Labute approximate surface area is 184 Å². The van der Waals surface area contributed by atoms with E-state index in [1.165, 1.54) is 12.1 Å². The van der Waals surface area contributed by atoms with Gasteiger partial charge in [-0.1, -0.05) is 24.3 Å². The summed E-state index contributed by atoms with van der Waals surface area (Å²) in [4.78, 5) is 20.8. The van der Waals surface area contributed by atoms with Gasteiger partial charge in [0, 0.05) is 17.3 Å². The highest BCUT2D eigenvalue weighted by atomic mass is 19.1. The fourth-order valence-corrected chi connectivity index (χ4v) is 3.94. The van der Waals surface area contributed by atoms with Gasteiger partial charge < -0.3 is 20.4 Å². The van der Waals surface area contributed by atoms with Crippen LogP contribution in [0.2, 0.25) is 0 Å². The summed E-state index contributed by atoms with van der Waals surface area (Å²) >= 11 is 0. The largest absolute Gasteiger partial charge is 0.490 e. The monoisotopic (exact) mass is 430 g/mol. The van der Waals surface area contributed by atoms with Crippen LogP contribution < -0.4 is 15.4 Å². The van der Waals surface area contributed by atoms with Crippen LogP contribution in [0.5, 0.6) is 5.75 Å². The van der Waals surface area contributed by atoms with Crippen molar-refractivity contribution < 1.29 is 13.9 Å². The molecule has 0 saturated carbocycles. The molecule has 1 aromatic heterocycles. The van der Waals surface area contributed by atoms with Crippen molar-refractivity contribution in [3.05, 3.63) is 78.1 Å². The van der Waals surface area contributed by atoms with Crippen molar-refractivity contribution in [2.45, 2.75) is 18.9 Å². The highest BCUT2D eigenvalue weighted by Crippen LogP contribution is 2.25. The minimum Gasteiger partial charge on any atom is -0.490 e. The summed E-state index contributed by atoms with van der Waals surface area (Å²) in [6.07, 6.45) is 2.11. The standard InChI is InChI=1S/C25H23FN4O2/c26-17-5-1-4-16(14-17)24-29-22-9-3-8-21(23(22)30-24)25(31)28-18-6-2-7-20(15-18)32-19-10-12-27-13-11-19/h1-9,14-15,19,27H,10-13H2,(H,28,31)(H,29,30). The number of ether oxygens (including phenoxy) is 1. The molecule has 1 fully saturated rings. The minimum absolute atomic E-state index is 0.182. The number of anilines is 1. The number of amides is 1. The Morgan fingerprint density at radius 2 is 1.84 bits per heavy atom. The average molecular weight is 430 g/mol. The summed E-state index contributed by atoms with van der Waals surface area (Å²) in [5, 5.41) is 6.26. The molecule has 3 N–H and O–H groups in total. The zero-order chi connectivity index (χ0) is 21.9. The number of rotatable bonds is 5. The number of carbonyl (C=O) groups excluding carboxylic acids is 1. The third kappa shape index (κ3) is 4.33. The van der Waals surface area contributed by atoms with Crippen LogP contribution in [0.3, 0.4) is 0 Å². The molecule has 6 nitrogen and oxygen atoms in total. The highest BCUT2D eigenvalue weighted by molar-refractivity contribution is 6.11. The van der Waals surface area contributed by atoms with Gasteiger partial charge in [0.1, 0.15) is 29.0 Å². The van der Waals surface area contributed by atoms with Gasteiger partial charge in [0.05, 0.1) is 11.1 Å². The van der Waals surface area contributed by atoms with Gasteiger partial charge in [-0.3, -0.25) is 4.79 Å². The summed E-state index contributed by atoms with van der Waals surface area (Å²) in [5.74, 6) is 0.637. The predicted octanol–water partition coefficient (Wildman–Crippen LogP) is 4.75. The molecule has 32 heavy (non-hydrogen) atoms. The molecule has 0 aliphatic carbocycles. The number of imidazole rings is 1. The van der Waals surface area contributed by atoms with Crippen molar-refractivity contribution in [1.82, 2.24) is 15.3 Å². The Morgan fingerprint density at radius 3 is 2.69 bits per heavy atom. The normalized spacial score (nSPS) is 14.4. The first kappa shape index (κ1) is 20.2. The van der Waals surface area contributed by atoms with Crippen LogP contribution in [-0.4, -0.2) is 35.1 Å². The molecule has 3 aromatic carbocycles. The molecular formula is C25H23FN4O2. The van der Waals surface area contributed by atoms with Gasteiger partial charge in [-0.2, -0.15) is 0 Å². The molecule has 7 heteroatoms. The van der Waals surface area contributed by atoms with Gasteiger partial charge in [-0.25, -0.2) is 9.37 Å². The second-order valence-corrected chi connectivity index (χ2v) is 7.85. The van der Waals surface area contributed by atoms with E-state index in [1.807, 2.05) is 30.3 Å². The number of carbonyl (C=O) groups is 1. The molecule has 1 saturated heterocycles. The summed E-state index contributed by atoms with van der Waals surface area (Å²) in [6, 6.07) is 19.0. The van der Waals surface area contributed by atoms with E-state index in [0.29, 0.717) is 33.7 Å². The van der Waals surface area contributed by atoms with Crippen LogP contribution in [0, 0.1) is 5.82 Å². The van der Waals surface area contributed by atoms with Crippen molar-refractivity contribution in [3.63, 3.8) is 0 Å². The Bertz CT molecular complexity index is 1260. The maximum atomic E-state index is 13.6. The molecule has 0 bridgehead atoms.